The van der Waals surface area contributed by atoms with Crippen LogP contribution in [0.25, 0.3) is 0 Å². The summed E-state index contributed by atoms with van der Waals surface area (Å²) in [4.78, 5) is 38.9. The first kappa shape index (κ1) is 17.4. The second kappa shape index (κ2) is 7.23. The molecule has 134 valence electrons. The van der Waals surface area contributed by atoms with E-state index in [1.54, 1.807) is 24.3 Å². The maximum atomic E-state index is 12.5. The maximum absolute atomic E-state index is 12.5. The first-order valence-electron chi connectivity index (χ1n) is 8.64. The van der Waals surface area contributed by atoms with Gasteiger partial charge in [-0.1, -0.05) is 0 Å². The van der Waals surface area contributed by atoms with Crippen LogP contribution in [0.1, 0.15) is 30.1 Å². The second-order valence-corrected chi connectivity index (χ2v) is 6.84. The standard InChI is InChI=1S/C18H24N4O3/c1-12(23)20-15-4-2-14(3-5-15)18(25)22-10-16(11-22)21-8-6-13(7-9-21)17(19)24/h2-5,13,16H,6-11H2,1H3,(H2,19,24)(H,20,23). The third kappa shape index (κ3) is 3.99. The average Bonchev–Trinajstić information content (AvgIpc) is 2.54. The molecule has 1 aromatic rings. The van der Waals surface area contributed by atoms with Gasteiger partial charge in [0.25, 0.3) is 5.91 Å². The van der Waals surface area contributed by atoms with Gasteiger partial charge in [0.1, 0.15) is 0 Å². The summed E-state index contributed by atoms with van der Waals surface area (Å²) in [5.74, 6) is -0.327. The third-order valence-electron chi connectivity index (χ3n) is 5.05. The Morgan fingerprint density at radius 2 is 1.68 bits per heavy atom. The van der Waals surface area contributed by atoms with E-state index in [4.69, 9.17) is 5.73 Å². The molecule has 0 radical (unpaired) electrons. The van der Waals surface area contributed by atoms with Crippen molar-refractivity contribution in [1.82, 2.24) is 9.80 Å². The number of anilines is 1. The zero-order valence-corrected chi connectivity index (χ0v) is 14.4. The Kier molecular flexibility index (Phi) is 5.03. The number of amides is 3. The van der Waals surface area contributed by atoms with Gasteiger partial charge in [-0.05, 0) is 50.2 Å². The molecule has 0 atom stereocenters. The topological polar surface area (TPSA) is 95.7 Å². The minimum absolute atomic E-state index is 0.00353. The predicted molar refractivity (Wildman–Crippen MR) is 93.9 cm³/mol. The van der Waals surface area contributed by atoms with Crippen LogP contribution in [0.5, 0.6) is 0 Å². The van der Waals surface area contributed by atoms with E-state index >= 15 is 0 Å². The molecule has 1 aromatic carbocycles. The van der Waals surface area contributed by atoms with Gasteiger partial charge in [-0.3, -0.25) is 19.3 Å². The molecule has 7 heteroatoms. The molecular weight excluding hydrogens is 320 g/mol. The van der Waals surface area contributed by atoms with Gasteiger partial charge < -0.3 is 16.0 Å². The van der Waals surface area contributed by atoms with Gasteiger partial charge in [0.2, 0.25) is 11.8 Å². The monoisotopic (exact) mass is 344 g/mol. The van der Waals surface area contributed by atoms with Crippen molar-refractivity contribution in [3.8, 4) is 0 Å². The lowest BCUT2D eigenvalue weighted by molar-refractivity contribution is -0.123. The highest BCUT2D eigenvalue weighted by molar-refractivity contribution is 5.96. The smallest absolute Gasteiger partial charge is 0.253 e. The molecule has 2 heterocycles. The molecule has 0 unspecified atom stereocenters. The fourth-order valence-electron chi connectivity index (χ4n) is 3.48. The minimum Gasteiger partial charge on any atom is -0.369 e. The van der Waals surface area contributed by atoms with E-state index in [-0.39, 0.29) is 23.6 Å². The Morgan fingerprint density at radius 3 is 2.20 bits per heavy atom. The van der Waals surface area contributed by atoms with Crippen LogP contribution < -0.4 is 11.1 Å². The van der Waals surface area contributed by atoms with E-state index in [0.29, 0.717) is 30.4 Å². The molecule has 2 aliphatic heterocycles. The Bertz CT molecular complexity index is 659. The fourth-order valence-corrected chi connectivity index (χ4v) is 3.48. The number of carbonyl (C=O) groups is 3. The number of piperidine rings is 1. The number of benzene rings is 1. The molecule has 0 aliphatic carbocycles. The summed E-state index contributed by atoms with van der Waals surface area (Å²) in [5, 5.41) is 2.69. The van der Waals surface area contributed by atoms with Crippen LogP contribution in [0.4, 0.5) is 5.69 Å². The van der Waals surface area contributed by atoms with Crippen molar-refractivity contribution in [2.75, 3.05) is 31.5 Å². The van der Waals surface area contributed by atoms with Gasteiger partial charge in [-0.15, -0.1) is 0 Å². The van der Waals surface area contributed by atoms with Crippen molar-refractivity contribution >= 4 is 23.4 Å². The lowest BCUT2D eigenvalue weighted by atomic mass is 9.93. The van der Waals surface area contributed by atoms with Gasteiger partial charge >= 0.3 is 0 Å². The largest absolute Gasteiger partial charge is 0.369 e. The number of hydrogen-bond acceptors (Lipinski definition) is 4. The van der Waals surface area contributed by atoms with E-state index in [1.807, 2.05) is 4.90 Å². The first-order chi connectivity index (χ1) is 11.9. The molecule has 3 N–H and O–H groups in total. The number of nitrogens with two attached hydrogens (primary N) is 1. The Labute approximate surface area is 147 Å². The van der Waals surface area contributed by atoms with E-state index in [1.165, 1.54) is 6.92 Å². The van der Waals surface area contributed by atoms with Gasteiger partial charge in [0.05, 0.1) is 0 Å². The summed E-state index contributed by atoms with van der Waals surface area (Å²) in [5.41, 5.74) is 6.67. The van der Waals surface area contributed by atoms with E-state index in [0.717, 1.165) is 25.9 Å². The fraction of sp³-hybridized carbons (Fsp3) is 0.500. The molecule has 7 nitrogen and oxygen atoms in total. The summed E-state index contributed by atoms with van der Waals surface area (Å²) in [7, 11) is 0. The van der Waals surface area contributed by atoms with E-state index in [9.17, 15) is 14.4 Å². The van der Waals surface area contributed by atoms with Gasteiger partial charge in [0.15, 0.2) is 0 Å². The molecule has 0 bridgehead atoms. The highest BCUT2D eigenvalue weighted by Gasteiger charge is 2.37. The van der Waals surface area contributed by atoms with Gasteiger partial charge in [-0.2, -0.15) is 0 Å². The summed E-state index contributed by atoms with van der Waals surface area (Å²) in [6, 6.07) is 7.32. The lowest BCUT2D eigenvalue weighted by Crippen LogP contribution is -2.62. The maximum Gasteiger partial charge on any atom is 0.253 e. The summed E-state index contributed by atoms with van der Waals surface area (Å²) in [6.07, 6.45) is 1.62. The van der Waals surface area contributed by atoms with Crippen LogP contribution in [0.2, 0.25) is 0 Å². The van der Waals surface area contributed by atoms with Crippen LogP contribution in [-0.2, 0) is 9.59 Å². The molecule has 0 aromatic heterocycles. The number of likely N-dealkylation sites (tertiary alicyclic amines) is 2. The number of nitrogens with zero attached hydrogens (tertiary/aromatic N) is 2. The van der Waals surface area contributed by atoms with Crippen molar-refractivity contribution in [3.63, 3.8) is 0 Å². The lowest BCUT2D eigenvalue weighted by Gasteiger charge is -2.47. The average molecular weight is 344 g/mol. The van der Waals surface area contributed by atoms with Crippen molar-refractivity contribution < 1.29 is 14.4 Å². The highest BCUT2D eigenvalue weighted by Crippen LogP contribution is 2.24. The zero-order valence-electron chi connectivity index (χ0n) is 14.4. The molecule has 2 aliphatic rings. The summed E-state index contributed by atoms with van der Waals surface area (Å²) < 4.78 is 0. The molecule has 2 saturated heterocycles. The predicted octanol–water partition coefficient (Wildman–Crippen LogP) is 0.667. The van der Waals surface area contributed by atoms with Crippen LogP contribution in [0.15, 0.2) is 24.3 Å². The van der Waals surface area contributed by atoms with Gasteiger partial charge in [-0.25, -0.2) is 0 Å². The van der Waals surface area contributed by atoms with Crippen molar-refractivity contribution in [2.24, 2.45) is 11.7 Å². The third-order valence-corrected chi connectivity index (χ3v) is 5.05. The molecule has 0 saturated carbocycles. The number of primary amides is 1. The van der Waals surface area contributed by atoms with Crippen molar-refractivity contribution in [1.29, 1.82) is 0 Å². The zero-order chi connectivity index (χ0) is 18.0. The van der Waals surface area contributed by atoms with Gasteiger partial charge in [0, 0.05) is 43.2 Å². The SMILES string of the molecule is CC(=O)Nc1ccc(C(=O)N2CC(N3CCC(C(N)=O)CC3)C2)cc1. The Balaban J connectivity index is 1.48. The van der Waals surface area contributed by atoms with E-state index < -0.39 is 0 Å². The summed E-state index contributed by atoms with van der Waals surface area (Å²) in [6.45, 7) is 4.62. The number of rotatable bonds is 4. The van der Waals surface area contributed by atoms with Crippen LogP contribution in [0, 0.1) is 5.92 Å². The summed E-state index contributed by atoms with van der Waals surface area (Å²) >= 11 is 0. The second-order valence-electron chi connectivity index (χ2n) is 6.84. The number of hydrogen-bond donors (Lipinski definition) is 2. The highest BCUT2D eigenvalue weighted by atomic mass is 16.2. The van der Waals surface area contributed by atoms with E-state index in [2.05, 4.69) is 10.2 Å². The number of nitrogens with one attached hydrogen (secondary N) is 1. The quantitative estimate of drug-likeness (QED) is 0.839. The Hall–Kier alpha value is -2.41. The molecular formula is C18H24N4O3. The number of carbonyl (C=O) groups excluding carboxylic acids is 3. The molecule has 3 amide bonds. The van der Waals surface area contributed by atoms with Crippen LogP contribution in [0.3, 0.4) is 0 Å². The van der Waals surface area contributed by atoms with Crippen LogP contribution >= 0.6 is 0 Å². The van der Waals surface area contributed by atoms with Crippen molar-refractivity contribution in [3.05, 3.63) is 29.8 Å². The first-order valence-corrected chi connectivity index (χ1v) is 8.64. The molecule has 0 spiro atoms. The molecule has 25 heavy (non-hydrogen) atoms. The van der Waals surface area contributed by atoms with Crippen LogP contribution in [-0.4, -0.2) is 59.7 Å². The molecule has 2 fully saturated rings. The normalized spacial score (nSPS) is 19.3. The Morgan fingerprint density at radius 1 is 1.08 bits per heavy atom. The molecule has 3 rings (SSSR count). The van der Waals surface area contributed by atoms with Crippen molar-refractivity contribution in [2.45, 2.75) is 25.8 Å². The minimum atomic E-state index is -0.201.